The van der Waals surface area contributed by atoms with Gasteiger partial charge in [-0.15, -0.1) is 0 Å². The summed E-state index contributed by atoms with van der Waals surface area (Å²) in [7, 11) is 0. The number of hydrogen-bond acceptors (Lipinski definition) is 4. The molecule has 0 saturated heterocycles. The smallest absolute Gasteiger partial charge is 0.407 e. The fourth-order valence-electron chi connectivity index (χ4n) is 4.08. The molecule has 3 N–H and O–H groups in total. The first-order valence-corrected chi connectivity index (χ1v) is 11.5. The van der Waals surface area contributed by atoms with Crippen molar-refractivity contribution in [1.82, 2.24) is 5.32 Å². The normalized spacial score (nSPS) is 14.4. The van der Waals surface area contributed by atoms with E-state index in [0.717, 1.165) is 15.6 Å². The highest BCUT2D eigenvalue weighted by molar-refractivity contribution is 9.10. The predicted molar refractivity (Wildman–Crippen MR) is 128 cm³/mol. The number of fused-ring (bicyclic) bond motifs is 3. The van der Waals surface area contributed by atoms with Gasteiger partial charge in [-0.1, -0.05) is 82.1 Å². The van der Waals surface area contributed by atoms with Crippen molar-refractivity contribution < 1.29 is 19.7 Å². The molecule has 0 spiro atoms. The van der Waals surface area contributed by atoms with Gasteiger partial charge in [0.15, 0.2) is 0 Å². The molecular weight excluding hydrogens is 494 g/mol. The first-order chi connectivity index (χ1) is 15.5. The molecule has 4 rings (SSSR count). The van der Waals surface area contributed by atoms with Crippen molar-refractivity contribution in [3.63, 3.8) is 0 Å². The van der Waals surface area contributed by atoms with Crippen LogP contribution in [0.25, 0.3) is 11.1 Å². The third kappa shape index (κ3) is 4.84. The Bertz CT molecular complexity index is 1080. The van der Waals surface area contributed by atoms with Crippen molar-refractivity contribution >= 4 is 33.6 Å². The predicted octanol–water partition coefficient (Wildman–Crippen LogP) is 5.43. The van der Waals surface area contributed by atoms with Gasteiger partial charge >= 0.3 is 6.09 Å². The molecule has 0 heterocycles. The quantitative estimate of drug-likeness (QED) is 0.391. The van der Waals surface area contributed by atoms with Gasteiger partial charge in [0.05, 0.1) is 6.10 Å². The highest BCUT2D eigenvalue weighted by Crippen LogP contribution is 2.44. The lowest BCUT2D eigenvalue weighted by Gasteiger charge is -2.20. The molecule has 32 heavy (non-hydrogen) atoms. The molecule has 166 valence electrons. The number of benzene rings is 3. The van der Waals surface area contributed by atoms with Crippen molar-refractivity contribution in [2.24, 2.45) is 0 Å². The highest BCUT2D eigenvalue weighted by atomic mass is 79.9. The third-order valence-corrected chi connectivity index (χ3v) is 6.52. The Balaban J connectivity index is 1.29. The number of aliphatic hydroxyl groups excluding tert-OH is 2. The molecule has 5 nitrogen and oxygen atoms in total. The number of nitrogens with one attached hydrogen (secondary N) is 1. The molecule has 0 bridgehead atoms. The van der Waals surface area contributed by atoms with E-state index in [-0.39, 0.29) is 25.5 Å². The van der Waals surface area contributed by atoms with Crippen LogP contribution in [0, 0.1) is 0 Å². The molecule has 2 unspecified atom stereocenters. The van der Waals surface area contributed by atoms with Crippen LogP contribution in [-0.2, 0) is 4.74 Å². The van der Waals surface area contributed by atoms with E-state index in [4.69, 9.17) is 16.3 Å². The minimum Gasteiger partial charge on any atom is -0.449 e. The van der Waals surface area contributed by atoms with Gasteiger partial charge < -0.3 is 20.3 Å². The Hall–Kier alpha value is -2.38. The van der Waals surface area contributed by atoms with Crippen LogP contribution in [0.1, 0.15) is 35.1 Å². The topological polar surface area (TPSA) is 78.8 Å². The van der Waals surface area contributed by atoms with Crippen LogP contribution < -0.4 is 5.32 Å². The van der Waals surface area contributed by atoms with Crippen molar-refractivity contribution in [1.29, 1.82) is 0 Å². The van der Waals surface area contributed by atoms with Crippen LogP contribution in [0.5, 0.6) is 0 Å². The fourth-order valence-corrected chi connectivity index (χ4v) is 4.86. The summed E-state index contributed by atoms with van der Waals surface area (Å²) in [5.74, 6) is -0.0138. The lowest BCUT2D eigenvalue weighted by molar-refractivity contribution is 0.0137. The average Bonchev–Trinajstić information content (AvgIpc) is 3.11. The van der Waals surface area contributed by atoms with Gasteiger partial charge in [0.2, 0.25) is 0 Å². The summed E-state index contributed by atoms with van der Waals surface area (Å²) in [4.78, 5) is 12.2. The standard InChI is InChI=1S/C25H23BrClNO4/c26-15-9-10-20(22(27)13-15)24(30)23(29)11-12-28-25(31)32-14-21-18-7-3-1-5-16(18)17-6-2-4-8-19(17)21/h1-10,13,21,23-24,29-30H,11-12,14H2,(H,28,31). The zero-order chi connectivity index (χ0) is 22.7. The molecule has 0 fully saturated rings. The number of aliphatic hydroxyl groups is 2. The Kier molecular flexibility index (Phi) is 7.16. The number of amides is 1. The van der Waals surface area contributed by atoms with Gasteiger partial charge in [0.25, 0.3) is 0 Å². The minimum absolute atomic E-state index is 0.0138. The minimum atomic E-state index is -1.15. The summed E-state index contributed by atoms with van der Waals surface area (Å²) in [6.45, 7) is 0.378. The molecule has 0 radical (unpaired) electrons. The van der Waals surface area contributed by atoms with E-state index >= 15 is 0 Å². The molecule has 7 heteroatoms. The second-order valence-electron chi connectivity index (χ2n) is 7.72. The van der Waals surface area contributed by atoms with Gasteiger partial charge in [-0.05, 0) is 40.8 Å². The second kappa shape index (κ2) is 10.0. The van der Waals surface area contributed by atoms with Gasteiger partial charge in [-0.2, -0.15) is 0 Å². The van der Waals surface area contributed by atoms with Crippen molar-refractivity contribution in [3.05, 3.63) is 92.9 Å². The summed E-state index contributed by atoms with van der Waals surface area (Å²) in [6.07, 6.45) is -2.64. The van der Waals surface area contributed by atoms with E-state index in [1.165, 1.54) is 11.1 Å². The van der Waals surface area contributed by atoms with E-state index in [0.29, 0.717) is 10.6 Å². The van der Waals surface area contributed by atoms with Gasteiger partial charge in [-0.25, -0.2) is 4.79 Å². The first kappa shape index (κ1) is 22.8. The lowest BCUT2D eigenvalue weighted by atomic mass is 9.98. The Morgan fingerprint density at radius 2 is 1.66 bits per heavy atom. The maximum atomic E-state index is 12.2. The van der Waals surface area contributed by atoms with E-state index < -0.39 is 18.3 Å². The van der Waals surface area contributed by atoms with Crippen LogP contribution in [-0.4, -0.2) is 35.6 Å². The molecule has 3 aromatic rings. The van der Waals surface area contributed by atoms with Crippen LogP contribution in [0.2, 0.25) is 5.02 Å². The molecule has 0 aliphatic heterocycles. The molecule has 1 aliphatic rings. The first-order valence-electron chi connectivity index (χ1n) is 10.4. The largest absolute Gasteiger partial charge is 0.449 e. The van der Waals surface area contributed by atoms with Crippen LogP contribution in [0.15, 0.2) is 71.2 Å². The van der Waals surface area contributed by atoms with Crippen molar-refractivity contribution in [2.45, 2.75) is 24.5 Å². The third-order valence-electron chi connectivity index (χ3n) is 5.70. The van der Waals surface area contributed by atoms with Gasteiger partial charge in [0.1, 0.15) is 12.7 Å². The Morgan fingerprint density at radius 3 is 2.28 bits per heavy atom. The Labute approximate surface area is 200 Å². The highest BCUT2D eigenvalue weighted by Gasteiger charge is 2.29. The van der Waals surface area contributed by atoms with Crippen LogP contribution in [0.4, 0.5) is 4.79 Å². The molecule has 0 aromatic heterocycles. The number of ether oxygens (including phenoxy) is 1. The summed E-state index contributed by atoms with van der Waals surface area (Å²) >= 11 is 9.44. The zero-order valence-electron chi connectivity index (χ0n) is 17.2. The number of rotatable bonds is 7. The maximum Gasteiger partial charge on any atom is 0.407 e. The zero-order valence-corrected chi connectivity index (χ0v) is 19.5. The van der Waals surface area contributed by atoms with E-state index in [9.17, 15) is 15.0 Å². The molecule has 1 aliphatic carbocycles. The van der Waals surface area contributed by atoms with E-state index in [1.807, 2.05) is 24.3 Å². The second-order valence-corrected chi connectivity index (χ2v) is 9.04. The monoisotopic (exact) mass is 515 g/mol. The molecule has 1 amide bonds. The van der Waals surface area contributed by atoms with Crippen molar-refractivity contribution in [2.75, 3.05) is 13.2 Å². The van der Waals surface area contributed by atoms with Gasteiger partial charge in [-0.3, -0.25) is 0 Å². The molecule has 0 saturated carbocycles. The van der Waals surface area contributed by atoms with E-state index in [2.05, 4.69) is 45.5 Å². The number of carbonyl (C=O) groups excluding carboxylic acids is 1. The molecule has 2 atom stereocenters. The Morgan fingerprint density at radius 1 is 1.03 bits per heavy atom. The average molecular weight is 517 g/mol. The summed E-state index contributed by atoms with van der Waals surface area (Å²) in [5, 5.41) is 23.7. The summed E-state index contributed by atoms with van der Waals surface area (Å²) < 4.78 is 6.26. The number of halogens is 2. The van der Waals surface area contributed by atoms with Gasteiger partial charge in [0, 0.05) is 27.5 Å². The number of alkyl carbamates (subject to hydrolysis) is 1. The summed E-state index contributed by atoms with van der Waals surface area (Å²) in [6, 6.07) is 21.3. The fraction of sp³-hybridized carbons (Fsp3) is 0.240. The summed E-state index contributed by atoms with van der Waals surface area (Å²) in [5.41, 5.74) is 5.06. The lowest BCUT2D eigenvalue weighted by Crippen LogP contribution is -2.30. The molecular formula is C25H23BrClNO4. The van der Waals surface area contributed by atoms with Crippen LogP contribution >= 0.6 is 27.5 Å². The van der Waals surface area contributed by atoms with E-state index in [1.54, 1.807) is 18.2 Å². The SMILES string of the molecule is O=C(NCCC(O)C(O)c1ccc(Br)cc1Cl)OCC1c2ccccc2-c2ccccc21. The molecule has 3 aromatic carbocycles. The van der Waals surface area contributed by atoms with Crippen LogP contribution in [0.3, 0.4) is 0 Å². The maximum absolute atomic E-state index is 12.2. The van der Waals surface area contributed by atoms with Crippen molar-refractivity contribution in [3.8, 4) is 11.1 Å². The number of hydrogen-bond donors (Lipinski definition) is 3. The number of carbonyl (C=O) groups is 1.